The first-order valence-corrected chi connectivity index (χ1v) is 5.33. The van der Waals surface area contributed by atoms with Gasteiger partial charge < -0.3 is 15.5 Å². The highest BCUT2D eigenvalue weighted by Crippen LogP contribution is 2.23. The predicted octanol–water partition coefficient (Wildman–Crippen LogP) is 0.424. The SMILES string of the molecule is O=C(NC(CO)C(=O)O)c1ccc(Cl)cc1[N+](=O)[O-]. The molecule has 0 spiro atoms. The molecule has 0 aliphatic heterocycles. The van der Waals surface area contributed by atoms with E-state index in [0.29, 0.717) is 0 Å². The van der Waals surface area contributed by atoms with Crippen molar-refractivity contribution in [3.8, 4) is 0 Å². The number of aliphatic hydroxyl groups excluding tert-OH is 1. The highest BCUT2D eigenvalue weighted by atomic mass is 35.5. The molecule has 102 valence electrons. The largest absolute Gasteiger partial charge is 0.480 e. The van der Waals surface area contributed by atoms with Gasteiger partial charge >= 0.3 is 5.97 Å². The summed E-state index contributed by atoms with van der Waals surface area (Å²) in [5.74, 6) is -2.43. The van der Waals surface area contributed by atoms with Gasteiger partial charge in [0.05, 0.1) is 11.5 Å². The van der Waals surface area contributed by atoms with Gasteiger partial charge in [-0.25, -0.2) is 4.79 Å². The number of aliphatic carboxylic acids is 1. The summed E-state index contributed by atoms with van der Waals surface area (Å²) in [5, 5.41) is 30.2. The van der Waals surface area contributed by atoms with E-state index in [2.05, 4.69) is 0 Å². The van der Waals surface area contributed by atoms with Crippen molar-refractivity contribution in [2.45, 2.75) is 6.04 Å². The molecule has 0 heterocycles. The third-order valence-electron chi connectivity index (χ3n) is 2.19. The van der Waals surface area contributed by atoms with E-state index in [4.69, 9.17) is 21.8 Å². The van der Waals surface area contributed by atoms with Gasteiger partial charge in [0.1, 0.15) is 5.56 Å². The number of carboxylic acid groups (broad SMARTS) is 1. The van der Waals surface area contributed by atoms with E-state index in [1.165, 1.54) is 6.07 Å². The van der Waals surface area contributed by atoms with Crippen LogP contribution in [0.2, 0.25) is 5.02 Å². The molecule has 8 nitrogen and oxygen atoms in total. The van der Waals surface area contributed by atoms with Crippen LogP contribution in [0.4, 0.5) is 5.69 Å². The fourth-order valence-electron chi connectivity index (χ4n) is 1.27. The smallest absolute Gasteiger partial charge is 0.328 e. The van der Waals surface area contributed by atoms with Gasteiger partial charge in [0.15, 0.2) is 6.04 Å². The molecule has 1 amide bonds. The Morgan fingerprint density at radius 2 is 2.11 bits per heavy atom. The standard InChI is InChI=1S/C10H9ClN2O6/c11-5-1-2-6(8(3-5)13(18)19)9(15)12-7(4-14)10(16)17/h1-3,7,14H,4H2,(H,12,15)(H,16,17). The summed E-state index contributed by atoms with van der Waals surface area (Å²) in [7, 11) is 0. The third kappa shape index (κ3) is 3.63. The van der Waals surface area contributed by atoms with Gasteiger partial charge in [-0.05, 0) is 12.1 Å². The van der Waals surface area contributed by atoms with Gasteiger partial charge in [-0.1, -0.05) is 11.6 Å². The molecule has 0 radical (unpaired) electrons. The molecule has 19 heavy (non-hydrogen) atoms. The second-order valence-corrected chi connectivity index (χ2v) is 3.90. The molecule has 1 aromatic rings. The molecular formula is C10H9ClN2O6. The van der Waals surface area contributed by atoms with Gasteiger partial charge in [0.2, 0.25) is 0 Å². The number of halogens is 1. The Labute approximate surface area is 111 Å². The van der Waals surface area contributed by atoms with Crippen LogP contribution in [-0.2, 0) is 4.79 Å². The molecule has 1 aromatic carbocycles. The molecular weight excluding hydrogens is 280 g/mol. The Hall–Kier alpha value is -2.19. The number of carbonyl (C=O) groups is 2. The second-order valence-electron chi connectivity index (χ2n) is 3.47. The third-order valence-corrected chi connectivity index (χ3v) is 2.42. The molecule has 0 aliphatic rings. The average molecular weight is 289 g/mol. The van der Waals surface area contributed by atoms with E-state index in [1.807, 2.05) is 5.32 Å². The summed E-state index contributed by atoms with van der Waals surface area (Å²) < 4.78 is 0. The Morgan fingerprint density at radius 1 is 1.47 bits per heavy atom. The van der Waals surface area contributed by atoms with Gasteiger partial charge in [0, 0.05) is 11.1 Å². The summed E-state index contributed by atoms with van der Waals surface area (Å²) in [6, 6.07) is 1.80. The first kappa shape index (κ1) is 14.9. The maximum absolute atomic E-state index is 11.7. The van der Waals surface area contributed by atoms with E-state index in [0.717, 1.165) is 12.1 Å². The number of nitrogens with zero attached hydrogens (tertiary/aromatic N) is 1. The van der Waals surface area contributed by atoms with Crippen LogP contribution in [0.15, 0.2) is 18.2 Å². The number of aliphatic hydroxyl groups is 1. The number of benzene rings is 1. The minimum absolute atomic E-state index is 0.0696. The van der Waals surface area contributed by atoms with E-state index in [-0.39, 0.29) is 10.6 Å². The maximum atomic E-state index is 11.7. The van der Waals surface area contributed by atoms with Crippen molar-refractivity contribution >= 4 is 29.2 Å². The van der Waals surface area contributed by atoms with Crippen LogP contribution in [0, 0.1) is 10.1 Å². The van der Waals surface area contributed by atoms with Crippen molar-refractivity contribution in [3.05, 3.63) is 38.9 Å². The minimum Gasteiger partial charge on any atom is -0.480 e. The number of nitro benzene ring substituents is 1. The molecule has 1 rings (SSSR count). The number of hydrogen-bond donors (Lipinski definition) is 3. The fourth-order valence-corrected chi connectivity index (χ4v) is 1.44. The van der Waals surface area contributed by atoms with Gasteiger partial charge in [-0.3, -0.25) is 14.9 Å². The lowest BCUT2D eigenvalue weighted by atomic mass is 10.1. The van der Waals surface area contributed by atoms with E-state index in [1.54, 1.807) is 0 Å². The van der Waals surface area contributed by atoms with Gasteiger partial charge in [0.25, 0.3) is 11.6 Å². The lowest BCUT2D eigenvalue weighted by Gasteiger charge is -2.11. The molecule has 1 unspecified atom stereocenters. The highest BCUT2D eigenvalue weighted by Gasteiger charge is 2.25. The fraction of sp³-hybridized carbons (Fsp3) is 0.200. The van der Waals surface area contributed by atoms with Crippen LogP contribution in [-0.4, -0.2) is 39.7 Å². The van der Waals surface area contributed by atoms with E-state index < -0.39 is 35.1 Å². The van der Waals surface area contributed by atoms with Crippen molar-refractivity contribution in [2.75, 3.05) is 6.61 Å². The Balaban J connectivity index is 3.06. The molecule has 3 N–H and O–H groups in total. The molecule has 0 saturated carbocycles. The quantitative estimate of drug-likeness (QED) is 0.532. The monoisotopic (exact) mass is 288 g/mol. The van der Waals surface area contributed by atoms with Crippen LogP contribution in [0.25, 0.3) is 0 Å². The van der Waals surface area contributed by atoms with Crippen molar-refractivity contribution in [1.29, 1.82) is 0 Å². The Bertz CT molecular complexity index is 533. The number of rotatable bonds is 5. The van der Waals surface area contributed by atoms with Crippen molar-refractivity contribution in [2.24, 2.45) is 0 Å². The number of nitrogens with one attached hydrogen (secondary N) is 1. The average Bonchev–Trinajstić information content (AvgIpc) is 2.34. The van der Waals surface area contributed by atoms with Gasteiger partial charge in [-0.15, -0.1) is 0 Å². The molecule has 0 aromatic heterocycles. The van der Waals surface area contributed by atoms with Crippen LogP contribution in [0.5, 0.6) is 0 Å². The lowest BCUT2D eigenvalue weighted by molar-refractivity contribution is -0.385. The second kappa shape index (κ2) is 6.12. The molecule has 0 saturated heterocycles. The molecule has 0 fully saturated rings. The van der Waals surface area contributed by atoms with Crippen molar-refractivity contribution in [1.82, 2.24) is 5.32 Å². The van der Waals surface area contributed by atoms with E-state index >= 15 is 0 Å². The number of nitro groups is 1. The Morgan fingerprint density at radius 3 is 2.58 bits per heavy atom. The zero-order valence-electron chi connectivity index (χ0n) is 9.37. The number of amides is 1. The number of carbonyl (C=O) groups excluding carboxylic acids is 1. The minimum atomic E-state index is -1.54. The highest BCUT2D eigenvalue weighted by molar-refractivity contribution is 6.31. The summed E-state index contributed by atoms with van der Waals surface area (Å²) in [4.78, 5) is 32.3. The lowest BCUT2D eigenvalue weighted by Crippen LogP contribution is -2.43. The number of hydrogen-bond acceptors (Lipinski definition) is 5. The van der Waals surface area contributed by atoms with E-state index in [9.17, 15) is 19.7 Å². The zero-order chi connectivity index (χ0) is 14.6. The normalized spacial score (nSPS) is 11.7. The Kier molecular flexibility index (Phi) is 4.79. The molecule has 9 heteroatoms. The molecule has 0 bridgehead atoms. The predicted molar refractivity (Wildman–Crippen MR) is 64.1 cm³/mol. The van der Waals surface area contributed by atoms with Gasteiger partial charge in [-0.2, -0.15) is 0 Å². The first-order chi connectivity index (χ1) is 8.86. The topological polar surface area (TPSA) is 130 Å². The summed E-state index contributed by atoms with van der Waals surface area (Å²) >= 11 is 5.58. The van der Waals surface area contributed by atoms with Crippen molar-refractivity contribution < 1.29 is 24.7 Å². The first-order valence-electron chi connectivity index (χ1n) is 4.95. The van der Waals surface area contributed by atoms with Crippen molar-refractivity contribution in [3.63, 3.8) is 0 Å². The number of carboxylic acids is 1. The molecule has 0 aliphatic carbocycles. The van der Waals surface area contributed by atoms with Crippen LogP contribution >= 0.6 is 11.6 Å². The summed E-state index contributed by atoms with van der Waals surface area (Å²) in [6.07, 6.45) is 0. The van der Waals surface area contributed by atoms with Crippen LogP contribution < -0.4 is 5.32 Å². The van der Waals surface area contributed by atoms with Crippen LogP contribution in [0.1, 0.15) is 10.4 Å². The summed E-state index contributed by atoms with van der Waals surface area (Å²) in [6.45, 7) is -0.831. The maximum Gasteiger partial charge on any atom is 0.328 e. The zero-order valence-corrected chi connectivity index (χ0v) is 10.1. The molecule has 1 atom stereocenters. The van der Waals surface area contributed by atoms with Crippen LogP contribution in [0.3, 0.4) is 0 Å². The summed E-state index contributed by atoms with van der Waals surface area (Å²) in [5.41, 5.74) is -0.888.